The molecular formula is C18H15Cl2NO2. The first-order valence-corrected chi connectivity index (χ1v) is 7.88. The Labute approximate surface area is 144 Å². The molecule has 0 amide bonds. The van der Waals surface area contributed by atoms with E-state index in [1.165, 1.54) is 0 Å². The number of pyridine rings is 1. The van der Waals surface area contributed by atoms with Crippen molar-refractivity contribution in [2.75, 3.05) is 7.11 Å². The summed E-state index contributed by atoms with van der Waals surface area (Å²) < 4.78 is 7.15. The molecule has 1 aromatic heterocycles. The summed E-state index contributed by atoms with van der Waals surface area (Å²) in [6, 6.07) is 12.8. The minimum absolute atomic E-state index is 0.0782. The van der Waals surface area contributed by atoms with Gasteiger partial charge in [-0.3, -0.25) is 4.79 Å². The van der Waals surface area contributed by atoms with Crippen LogP contribution in [0.15, 0.2) is 47.3 Å². The number of benzene rings is 2. The van der Waals surface area contributed by atoms with E-state index in [9.17, 15) is 4.79 Å². The summed E-state index contributed by atoms with van der Waals surface area (Å²) in [5.74, 6) is 0.670. The fourth-order valence-corrected chi connectivity index (χ4v) is 3.03. The van der Waals surface area contributed by atoms with Crippen LogP contribution in [0.5, 0.6) is 5.75 Å². The number of hydrogen-bond acceptors (Lipinski definition) is 2. The van der Waals surface area contributed by atoms with Gasteiger partial charge < -0.3 is 9.30 Å². The highest BCUT2D eigenvalue weighted by Gasteiger charge is 2.12. The smallest absolute Gasteiger partial charge is 0.251 e. The number of aromatic nitrogens is 1. The van der Waals surface area contributed by atoms with Crippen molar-refractivity contribution >= 4 is 34.1 Å². The van der Waals surface area contributed by atoms with Crippen molar-refractivity contribution in [1.29, 1.82) is 0 Å². The monoisotopic (exact) mass is 347 g/mol. The number of para-hydroxylation sites is 1. The highest BCUT2D eigenvalue weighted by atomic mass is 35.5. The predicted octanol–water partition coefficient (Wildman–Crippen LogP) is 4.67. The van der Waals surface area contributed by atoms with Gasteiger partial charge in [-0.1, -0.05) is 41.4 Å². The Bertz CT molecular complexity index is 948. The van der Waals surface area contributed by atoms with Gasteiger partial charge in [-0.15, -0.1) is 0 Å². The first-order valence-electron chi connectivity index (χ1n) is 7.12. The molecule has 0 unspecified atom stereocenters. The molecule has 0 spiro atoms. The summed E-state index contributed by atoms with van der Waals surface area (Å²) >= 11 is 12.0. The predicted molar refractivity (Wildman–Crippen MR) is 95.1 cm³/mol. The Kier molecular flexibility index (Phi) is 4.33. The molecule has 0 aliphatic rings. The Hall–Kier alpha value is -1.97. The summed E-state index contributed by atoms with van der Waals surface area (Å²) in [7, 11) is 1.60. The van der Waals surface area contributed by atoms with E-state index in [1.54, 1.807) is 29.9 Å². The largest absolute Gasteiger partial charge is 0.495 e. The van der Waals surface area contributed by atoms with Crippen LogP contribution >= 0.6 is 23.2 Å². The molecule has 0 N–H and O–H groups in total. The number of aryl methyl sites for hydroxylation is 1. The summed E-state index contributed by atoms with van der Waals surface area (Å²) in [5.41, 5.74) is 2.53. The van der Waals surface area contributed by atoms with Crippen molar-refractivity contribution in [2.45, 2.75) is 13.5 Å². The quantitative estimate of drug-likeness (QED) is 0.689. The van der Waals surface area contributed by atoms with E-state index in [1.807, 2.05) is 31.2 Å². The molecule has 0 atom stereocenters. The van der Waals surface area contributed by atoms with Crippen LogP contribution < -0.4 is 10.3 Å². The third-order valence-electron chi connectivity index (χ3n) is 3.84. The first-order chi connectivity index (χ1) is 11.0. The van der Waals surface area contributed by atoms with Crippen LogP contribution in [0, 0.1) is 6.92 Å². The molecule has 3 nitrogen and oxygen atoms in total. The molecule has 0 saturated heterocycles. The maximum Gasteiger partial charge on any atom is 0.251 e. The molecule has 2 aromatic carbocycles. The van der Waals surface area contributed by atoms with Crippen molar-refractivity contribution in [3.8, 4) is 5.75 Å². The van der Waals surface area contributed by atoms with Crippen LogP contribution in [0.25, 0.3) is 10.9 Å². The van der Waals surface area contributed by atoms with Gasteiger partial charge in [-0.05, 0) is 36.2 Å². The molecule has 5 heteroatoms. The molecular weight excluding hydrogens is 333 g/mol. The van der Waals surface area contributed by atoms with Gasteiger partial charge in [0.25, 0.3) is 5.56 Å². The topological polar surface area (TPSA) is 31.2 Å². The number of nitrogens with zero attached hydrogens (tertiary/aromatic N) is 1. The fourth-order valence-electron chi connectivity index (χ4n) is 2.71. The third kappa shape index (κ3) is 2.94. The van der Waals surface area contributed by atoms with Gasteiger partial charge in [0.05, 0.1) is 29.2 Å². The van der Waals surface area contributed by atoms with Gasteiger partial charge in [-0.25, -0.2) is 0 Å². The number of methoxy groups -OCH3 is 1. The van der Waals surface area contributed by atoms with E-state index in [4.69, 9.17) is 27.9 Å². The Morgan fingerprint density at radius 3 is 2.57 bits per heavy atom. The standard InChI is InChI=1S/C18H15Cl2NO2/c1-11-8-17(22)21(10-12-6-7-14(19)15(20)9-12)18-13(11)4-3-5-16(18)23-2/h3-9H,10H2,1-2H3. The molecule has 1 heterocycles. The van der Waals surface area contributed by atoms with E-state index in [2.05, 4.69) is 0 Å². The number of fused-ring (bicyclic) bond motifs is 1. The second-order valence-corrected chi connectivity index (χ2v) is 6.17. The van der Waals surface area contributed by atoms with Gasteiger partial charge >= 0.3 is 0 Å². The van der Waals surface area contributed by atoms with Crippen LogP contribution in [0.2, 0.25) is 10.0 Å². The zero-order chi connectivity index (χ0) is 16.6. The van der Waals surface area contributed by atoms with E-state index >= 15 is 0 Å². The second kappa shape index (κ2) is 6.26. The summed E-state index contributed by atoms with van der Waals surface area (Å²) in [6.07, 6.45) is 0. The summed E-state index contributed by atoms with van der Waals surface area (Å²) in [5, 5.41) is 1.96. The van der Waals surface area contributed by atoms with Gasteiger partial charge in [-0.2, -0.15) is 0 Å². The molecule has 0 aliphatic carbocycles. The van der Waals surface area contributed by atoms with Crippen molar-refractivity contribution in [2.24, 2.45) is 0 Å². The van der Waals surface area contributed by atoms with E-state index in [0.717, 1.165) is 22.0 Å². The molecule has 23 heavy (non-hydrogen) atoms. The molecule has 0 saturated carbocycles. The zero-order valence-electron chi connectivity index (χ0n) is 12.8. The van der Waals surface area contributed by atoms with Crippen molar-refractivity contribution < 1.29 is 4.74 Å². The average molecular weight is 348 g/mol. The van der Waals surface area contributed by atoms with E-state index < -0.39 is 0 Å². The van der Waals surface area contributed by atoms with Gasteiger partial charge in [0.1, 0.15) is 5.75 Å². The van der Waals surface area contributed by atoms with Crippen LogP contribution in [0.3, 0.4) is 0 Å². The highest BCUT2D eigenvalue weighted by molar-refractivity contribution is 6.42. The normalized spacial score (nSPS) is 11.0. The maximum absolute atomic E-state index is 12.5. The Morgan fingerprint density at radius 2 is 1.87 bits per heavy atom. The van der Waals surface area contributed by atoms with Crippen molar-refractivity contribution in [1.82, 2.24) is 4.57 Å². The lowest BCUT2D eigenvalue weighted by Crippen LogP contribution is -2.21. The summed E-state index contributed by atoms with van der Waals surface area (Å²) in [4.78, 5) is 12.5. The zero-order valence-corrected chi connectivity index (χ0v) is 14.3. The Morgan fingerprint density at radius 1 is 1.09 bits per heavy atom. The van der Waals surface area contributed by atoms with Gasteiger partial charge in [0.2, 0.25) is 0 Å². The van der Waals surface area contributed by atoms with Crippen molar-refractivity contribution in [3.05, 3.63) is 74.0 Å². The molecule has 0 aliphatic heterocycles. The number of rotatable bonds is 3. The minimum atomic E-state index is -0.0782. The number of hydrogen-bond donors (Lipinski definition) is 0. The number of ether oxygens (including phenoxy) is 1. The molecule has 3 aromatic rings. The van der Waals surface area contributed by atoms with E-state index in [-0.39, 0.29) is 5.56 Å². The van der Waals surface area contributed by atoms with Crippen molar-refractivity contribution in [3.63, 3.8) is 0 Å². The summed E-state index contributed by atoms with van der Waals surface area (Å²) in [6.45, 7) is 2.32. The highest BCUT2D eigenvalue weighted by Crippen LogP contribution is 2.28. The molecule has 0 radical (unpaired) electrons. The van der Waals surface area contributed by atoms with E-state index in [0.29, 0.717) is 22.3 Å². The van der Waals surface area contributed by atoms with Gasteiger partial charge in [0, 0.05) is 11.5 Å². The average Bonchev–Trinajstić information content (AvgIpc) is 2.54. The van der Waals surface area contributed by atoms with Crippen LogP contribution in [-0.2, 0) is 6.54 Å². The van der Waals surface area contributed by atoms with Gasteiger partial charge in [0.15, 0.2) is 0 Å². The lowest BCUT2D eigenvalue weighted by Gasteiger charge is -2.15. The second-order valence-electron chi connectivity index (χ2n) is 5.36. The number of halogens is 2. The molecule has 0 fully saturated rings. The minimum Gasteiger partial charge on any atom is -0.495 e. The SMILES string of the molecule is COc1cccc2c(C)cc(=O)n(Cc3ccc(Cl)c(Cl)c3)c12. The van der Waals surface area contributed by atoms with Crippen LogP contribution in [0.4, 0.5) is 0 Å². The maximum atomic E-state index is 12.5. The molecule has 3 rings (SSSR count). The lowest BCUT2D eigenvalue weighted by atomic mass is 10.1. The van der Waals surface area contributed by atoms with Crippen LogP contribution in [-0.4, -0.2) is 11.7 Å². The molecule has 118 valence electrons. The first kappa shape index (κ1) is 15.9. The lowest BCUT2D eigenvalue weighted by molar-refractivity contribution is 0.417. The fraction of sp³-hybridized carbons (Fsp3) is 0.167. The third-order valence-corrected chi connectivity index (χ3v) is 4.58. The molecule has 0 bridgehead atoms. The van der Waals surface area contributed by atoms with Crippen LogP contribution in [0.1, 0.15) is 11.1 Å². The Balaban J connectivity index is 2.24.